The van der Waals surface area contributed by atoms with Crippen LogP contribution in [0, 0.1) is 0 Å². The lowest BCUT2D eigenvalue weighted by atomic mass is 10.2. The van der Waals surface area contributed by atoms with Crippen LogP contribution in [0.3, 0.4) is 0 Å². The van der Waals surface area contributed by atoms with Crippen LogP contribution in [-0.4, -0.2) is 33.2 Å². The molecular weight excluding hydrogens is 370 g/mol. The Morgan fingerprint density at radius 2 is 1.88 bits per heavy atom. The Morgan fingerprint density at radius 1 is 1.19 bits per heavy atom. The molecule has 134 valence electrons. The highest BCUT2D eigenvalue weighted by atomic mass is 35.5. The highest BCUT2D eigenvalue weighted by molar-refractivity contribution is 8.00. The number of benzene rings is 2. The summed E-state index contributed by atoms with van der Waals surface area (Å²) in [5.74, 6) is 0.872. The fourth-order valence-electron chi connectivity index (χ4n) is 2.38. The summed E-state index contributed by atoms with van der Waals surface area (Å²) in [7, 11) is 1.73. The number of thioether (sulfide) groups is 1. The Bertz CT molecular complexity index is 868. The standard InChI is InChI=1S/C19H18ClN3O2S/c1-13(26-16-6-4-3-5-7-16)19(24)23(2)12-17-21-18(22-25-17)14-8-10-15(20)11-9-14/h3-11,13H,12H2,1-2H3. The molecule has 0 bridgehead atoms. The van der Waals surface area contributed by atoms with Gasteiger partial charge in [0.1, 0.15) is 0 Å². The van der Waals surface area contributed by atoms with Crippen molar-refractivity contribution in [3.8, 4) is 11.4 Å². The third-order valence-electron chi connectivity index (χ3n) is 3.72. The number of rotatable bonds is 6. The number of amides is 1. The van der Waals surface area contributed by atoms with Gasteiger partial charge in [0, 0.05) is 22.5 Å². The van der Waals surface area contributed by atoms with Gasteiger partial charge < -0.3 is 9.42 Å². The SMILES string of the molecule is CC(Sc1ccccc1)C(=O)N(C)Cc1nc(-c2ccc(Cl)cc2)no1. The first-order valence-electron chi connectivity index (χ1n) is 8.08. The van der Waals surface area contributed by atoms with Crippen molar-refractivity contribution < 1.29 is 9.32 Å². The molecular formula is C19H18ClN3O2S. The van der Waals surface area contributed by atoms with E-state index < -0.39 is 0 Å². The molecule has 0 aliphatic heterocycles. The van der Waals surface area contributed by atoms with E-state index in [-0.39, 0.29) is 17.7 Å². The summed E-state index contributed by atoms with van der Waals surface area (Å²) in [6.45, 7) is 2.16. The third kappa shape index (κ3) is 4.65. The minimum atomic E-state index is -0.207. The smallest absolute Gasteiger partial charge is 0.246 e. The first kappa shape index (κ1) is 18.5. The molecule has 1 aromatic heterocycles. The zero-order valence-electron chi connectivity index (χ0n) is 14.4. The summed E-state index contributed by atoms with van der Waals surface area (Å²) in [4.78, 5) is 19.6. The van der Waals surface area contributed by atoms with Crippen molar-refractivity contribution >= 4 is 29.3 Å². The zero-order chi connectivity index (χ0) is 18.5. The molecule has 1 unspecified atom stereocenters. The van der Waals surface area contributed by atoms with Gasteiger partial charge in [0.25, 0.3) is 0 Å². The van der Waals surface area contributed by atoms with E-state index in [1.165, 1.54) is 11.8 Å². The van der Waals surface area contributed by atoms with E-state index in [1.807, 2.05) is 49.4 Å². The van der Waals surface area contributed by atoms with Crippen molar-refractivity contribution in [3.63, 3.8) is 0 Å². The normalized spacial score (nSPS) is 12.0. The lowest BCUT2D eigenvalue weighted by molar-refractivity contribution is -0.129. The largest absolute Gasteiger partial charge is 0.337 e. The molecule has 3 rings (SSSR count). The van der Waals surface area contributed by atoms with Crippen LogP contribution in [0.2, 0.25) is 5.02 Å². The molecule has 2 aromatic carbocycles. The second kappa shape index (κ2) is 8.38. The van der Waals surface area contributed by atoms with Gasteiger partial charge in [0.05, 0.1) is 11.8 Å². The molecule has 0 N–H and O–H groups in total. The number of hydrogen-bond acceptors (Lipinski definition) is 5. The first-order valence-corrected chi connectivity index (χ1v) is 9.34. The topological polar surface area (TPSA) is 59.2 Å². The molecule has 3 aromatic rings. The molecule has 1 amide bonds. The van der Waals surface area contributed by atoms with Crippen LogP contribution in [0.15, 0.2) is 64.0 Å². The van der Waals surface area contributed by atoms with Crippen LogP contribution < -0.4 is 0 Å². The molecule has 0 spiro atoms. The number of nitrogens with zero attached hydrogens (tertiary/aromatic N) is 3. The van der Waals surface area contributed by atoms with Crippen LogP contribution in [0.1, 0.15) is 12.8 Å². The van der Waals surface area contributed by atoms with Crippen LogP contribution in [0.5, 0.6) is 0 Å². The third-order valence-corrected chi connectivity index (χ3v) is 5.07. The van der Waals surface area contributed by atoms with Crippen molar-refractivity contribution in [2.45, 2.75) is 23.6 Å². The van der Waals surface area contributed by atoms with E-state index >= 15 is 0 Å². The molecule has 0 aliphatic rings. The van der Waals surface area contributed by atoms with Crippen LogP contribution >= 0.6 is 23.4 Å². The van der Waals surface area contributed by atoms with Gasteiger partial charge in [-0.2, -0.15) is 4.98 Å². The van der Waals surface area contributed by atoms with E-state index in [9.17, 15) is 4.79 Å². The minimum absolute atomic E-state index is 0.00472. The molecule has 7 heteroatoms. The molecule has 5 nitrogen and oxygen atoms in total. The summed E-state index contributed by atoms with van der Waals surface area (Å²) in [5, 5.41) is 4.41. The first-order chi connectivity index (χ1) is 12.5. The summed E-state index contributed by atoms with van der Waals surface area (Å²) in [6, 6.07) is 17.0. The Morgan fingerprint density at radius 3 is 2.58 bits per heavy atom. The number of hydrogen-bond donors (Lipinski definition) is 0. The maximum atomic E-state index is 12.6. The van der Waals surface area contributed by atoms with Crippen molar-refractivity contribution in [3.05, 3.63) is 65.5 Å². The fraction of sp³-hybridized carbons (Fsp3) is 0.211. The summed E-state index contributed by atoms with van der Waals surface area (Å²) in [5.41, 5.74) is 0.811. The Hall–Kier alpha value is -2.31. The van der Waals surface area contributed by atoms with Crippen molar-refractivity contribution in [1.82, 2.24) is 15.0 Å². The average Bonchev–Trinajstić information content (AvgIpc) is 3.11. The van der Waals surface area contributed by atoms with Crippen LogP contribution in [0.4, 0.5) is 0 Å². The molecule has 26 heavy (non-hydrogen) atoms. The highest BCUT2D eigenvalue weighted by Gasteiger charge is 2.21. The fourth-order valence-corrected chi connectivity index (χ4v) is 3.51. The number of carbonyl (C=O) groups excluding carboxylic acids is 1. The van der Waals surface area contributed by atoms with Gasteiger partial charge in [-0.3, -0.25) is 4.79 Å². The Labute approximate surface area is 161 Å². The Balaban J connectivity index is 1.61. The number of carbonyl (C=O) groups is 1. The van der Waals surface area contributed by atoms with Crippen LogP contribution in [-0.2, 0) is 11.3 Å². The van der Waals surface area contributed by atoms with Gasteiger partial charge in [-0.05, 0) is 43.3 Å². The van der Waals surface area contributed by atoms with E-state index in [0.717, 1.165) is 10.5 Å². The van der Waals surface area contributed by atoms with Gasteiger partial charge in [-0.1, -0.05) is 35.0 Å². The molecule has 1 heterocycles. The quantitative estimate of drug-likeness (QED) is 0.581. The highest BCUT2D eigenvalue weighted by Crippen LogP contribution is 2.24. The predicted octanol–water partition coefficient (Wildman–Crippen LogP) is 4.53. The van der Waals surface area contributed by atoms with E-state index in [0.29, 0.717) is 16.7 Å². The number of halogens is 1. The van der Waals surface area contributed by atoms with Gasteiger partial charge in [0.15, 0.2) is 0 Å². The van der Waals surface area contributed by atoms with Crippen molar-refractivity contribution in [2.24, 2.45) is 0 Å². The second-order valence-electron chi connectivity index (χ2n) is 5.79. The van der Waals surface area contributed by atoms with Gasteiger partial charge in [0.2, 0.25) is 17.6 Å². The maximum absolute atomic E-state index is 12.6. The van der Waals surface area contributed by atoms with E-state index in [4.69, 9.17) is 16.1 Å². The predicted molar refractivity (Wildman–Crippen MR) is 103 cm³/mol. The summed E-state index contributed by atoms with van der Waals surface area (Å²) >= 11 is 7.41. The summed E-state index contributed by atoms with van der Waals surface area (Å²) < 4.78 is 5.27. The van der Waals surface area contributed by atoms with Gasteiger partial charge >= 0.3 is 0 Å². The van der Waals surface area contributed by atoms with Gasteiger partial charge in [-0.15, -0.1) is 11.8 Å². The Kier molecular flexibility index (Phi) is 5.96. The monoisotopic (exact) mass is 387 g/mol. The second-order valence-corrected chi connectivity index (χ2v) is 7.64. The molecule has 0 saturated carbocycles. The van der Waals surface area contributed by atoms with Gasteiger partial charge in [-0.25, -0.2) is 0 Å². The van der Waals surface area contributed by atoms with Crippen molar-refractivity contribution in [1.29, 1.82) is 0 Å². The van der Waals surface area contributed by atoms with E-state index in [1.54, 1.807) is 24.1 Å². The number of aromatic nitrogens is 2. The van der Waals surface area contributed by atoms with Crippen molar-refractivity contribution in [2.75, 3.05) is 7.05 Å². The molecule has 0 fully saturated rings. The molecule has 0 radical (unpaired) electrons. The lowest BCUT2D eigenvalue weighted by Crippen LogP contribution is -2.32. The summed E-state index contributed by atoms with van der Waals surface area (Å²) in [6.07, 6.45) is 0. The zero-order valence-corrected chi connectivity index (χ0v) is 16.0. The molecule has 0 saturated heterocycles. The lowest BCUT2D eigenvalue weighted by Gasteiger charge is -2.19. The molecule has 1 atom stereocenters. The van der Waals surface area contributed by atoms with E-state index in [2.05, 4.69) is 10.1 Å². The minimum Gasteiger partial charge on any atom is -0.337 e. The van der Waals surface area contributed by atoms with Crippen LogP contribution in [0.25, 0.3) is 11.4 Å². The maximum Gasteiger partial charge on any atom is 0.246 e. The molecule has 0 aliphatic carbocycles. The average molecular weight is 388 g/mol.